The minimum atomic E-state index is -0.489. The molecule has 1 atom stereocenters. The van der Waals surface area contributed by atoms with E-state index in [2.05, 4.69) is 13.8 Å². The molecule has 0 spiro atoms. The Bertz CT molecular complexity index is 246. The standard InChI is InChI=1S/C11H22O3.C8H18O2/c1-2-3-4-5-6-8-11(13)14-10-7-9-12;1-2-3-4-5-6-8(10)7-9/h12H,2-10H2,1H3;8-10H,2-7H2,1H3. The zero-order chi connectivity index (χ0) is 18.5. The summed E-state index contributed by atoms with van der Waals surface area (Å²) in [5, 5.41) is 25.8. The van der Waals surface area contributed by atoms with Gasteiger partial charge in [0.1, 0.15) is 0 Å². The highest BCUT2D eigenvalue weighted by Gasteiger charge is 2.01. The van der Waals surface area contributed by atoms with Gasteiger partial charge < -0.3 is 20.1 Å². The lowest BCUT2D eigenvalue weighted by Gasteiger charge is -2.04. The van der Waals surface area contributed by atoms with Gasteiger partial charge in [-0.2, -0.15) is 0 Å². The number of rotatable bonds is 15. The predicted octanol–water partition coefficient (Wildman–Crippen LogP) is 3.58. The molecule has 3 N–H and O–H groups in total. The summed E-state index contributed by atoms with van der Waals surface area (Å²) in [7, 11) is 0. The van der Waals surface area contributed by atoms with Gasteiger partial charge in [0, 0.05) is 19.4 Å². The Morgan fingerprint density at radius 1 is 0.875 bits per heavy atom. The summed E-state index contributed by atoms with van der Waals surface area (Å²) in [6.45, 7) is 4.67. The van der Waals surface area contributed by atoms with Gasteiger partial charge in [-0.25, -0.2) is 0 Å². The van der Waals surface area contributed by atoms with E-state index in [4.69, 9.17) is 20.1 Å². The molecule has 0 amide bonds. The fourth-order valence-corrected chi connectivity index (χ4v) is 2.09. The number of unbranched alkanes of at least 4 members (excludes halogenated alkanes) is 7. The van der Waals surface area contributed by atoms with E-state index in [1.807, 2.05) is 0 Å². The number of hydrogen-bond donors (Lipinski definition) is 3. The Morgan fingerprint density at radius 2 is 1.46 bits per heavy atom. The van der Waals surface area contributed by atoms with E-state index < -0.39 is 6.10 Å². The van der Waals surface area contributed by atoms with Crippen molar-refractivity contribution in [1.29, 1.82) is 0 Å². The minimum Gasteiger partial charge on any atom is -0.466 e. The second-order valence-corrected chi connectivity index (χ2v) is 6.15. The van der Waals surface area contributed by atoms with Gasteiger partial charge in [0.05, 0.1) is 19.3 Å². The monoisotopic (exact) mass is 348 g/mol. The van der Waals surface area contributed by atoms with Crippen molar-refractivity contribution in [3.8, 4) is 0 Å². The molecule has 0 rings (SSSR count). The van der Waals surface area contributed by atoms with Crippen LogP contribution in [0.1, 0.15) is 90.9 Å². The van der Waals surface area contributed by atoms with Crippen LogP contribution in [-0.2, 0) is 9.53 Å². The zero-order valence-corrected chi connectivity index (χ0v) is 15.8. The van der Waals surface area contributed by atoms with Crippen molar-refractivity contribution in [3.63, 3.8) is 0 Å². The van der Waals surface area contributed by atoms with Gasteiger partial charge in [-0.15, -0.1) is 0 Å². The maximum absolute atomic E-state index is 11.0. The van der Waals surface area contributed by atoms with Gasteiger partial charge in [0.15, 0.2) is 0 Å². The fourth-order valence-electron chi connectivity index (χ4n) is 2.09. The highest BCUT2D eigenvalue weighted by Crippen LogP contribution is 2.06. The maximum atomic E-state index is 11.0. The van der Waals surface area contributed by atoms with Gasteiger partial charge in [0.25, 0.3) is 0 Å². The Kier molecular flexibility index (Phi) is 23.8. The van der Waals surface area contributed by atoms with E-state index in [1.54, 1.807) is 0 Å². The van der Waals surface area contributed by atoms with Gasteiger partial charge in [-0.1, -0.05) is 65.2 Å². The molecule has 0 aliphatic heterocycles. The van der Waals surface area contributed by atoms with Crippen LogP contribution in [0.3, 0.4) is 0 Å². The summed E-state index contributed by atoms with van der Waals surface area (Å²) in [6.07, 6.45) is 11.7. The highest BCUT2D eigenvalue weighted by molar-refractivity contribution is 5.69. The number of aliphatic hydroxyl groups is 3. The summed E-state index contributed by atoms with van der Waals surface area (Å²) < 4.78 is 4.89. The van der Waals surface area contributed by atoms with Crippen molar-refractivity contribution in [2.75, 3.05) is 19.8 Å². The molecule has 5 heteroatoms. The highest BCUT2D eigenvalue weighted by atomic mass is 16.5. The Hall–Kier alpha value is -0.650. The Balaban J connectivity index is 0. The first kappa shape index (κ1) is 25.6. The van der Waals surface area contributed by atoms with Crippen LogP contribution in [0, 0.1) is 0 Å². The van der Waals surface area contributed by atoms with Crippen LogP contribution in [0.15, 0.2) is 0 Å². The Morgan fingerprint density at radius 3 is 2.00 bits per heavy atom. The lowest BCUT2D eigenvalue weighted by atomic mass is 10.1. The van der Waals surface area contributed by atoms with Crippen molar-refractivity contribution in [2.24, 2.45) is 0 Å². The van der Waals surface area contributed by atoms with Crippen molar-refractivity contribution in [1.82, 2.24) is 0 Å². The SMILES string of the molecule is CCCCCCC(O)CO.CCCCCCCC(=O)OCCCO. The molecule has 0 radical (unpaired) electrons. The van der Waals surface area contributed by atoms with E-state index in [0.29, 0.717) is 19.4 Å². The van der Waals surface area contributed by atoms with Crippen LogP contribution in [0.25, 0.3) is 0 Å². The number of ether oxygens (including phenoxy) is 1. The molecule has 0 aliphatic rings. The van der Waals surface area contributed by atoms with Crippen LogP contribution in [0.5, 0.6) is 0 Å². The summed E-state index contributed by atoms with van der Waals surface area (Å²) in [4.78, 5) is 11.0. The molecule has 24 heavy (non-hydrogen) atoms. The van der Waals surface area contributed by atoms with Gasteiger partial charge in [0.2, 0.25) is 0 Å². The number of esters is 1. The van der Waals surface area contributed by atoms with E-state index in [1.165, 1.54) is 38.5 Å². The third-order valence-electron chi connectivity index (χ3n) is 3.65. The minimum absolute atomic E-state index is 0.0871. The molecule has 0 saturated heterocycles. The topological polar surface area (TPSA) is 87.0 Å². The first-order chi connectivity index (χ1) is 11.6. The second-order valence-electron chi connectivity index (χ2n) is 6.15. The normalized spacial score (nSPS) is 11.5. The molecule has 0 aromatic heterocycles. The first-order valence-corrected chi connectivity index (χ1v) is 9.67. The van der Waals surface area contributed by atoms with Crippen molar-refractivity contribution >= 4 is 5.97 Å². The van der Waals surface area contributed by atoms with Gasteiger partial charge in [-0.3, -0.25) is 4.79 Å². The van der Waals surface area contributed by atoms with Crippen LogP contribution in [0.4, 0.5) is 0 Å². The molecule has 0 aromatic carbocycles. The smallest absolute Gasteiger partial charge is 0.305 e. The maximum Gasteiger partial charge on any atom is 0.305 e. The predicted molar refractivity (Wildman–Crippen MR) is 97.9 cm³/mol. The van der Waals surface area contributed by atoms with E-state index in [0.717, 1.165) is 25.7 Å². The number of hydrogen-bond acceptors (Lipinski definition) is 5. The molecule has 0 heterocycles. The third-order valence-corrected chi connectivity index (χ3v) is 3.65. The molecule has 0 fully saturated rings. The fraction of sp³-hybridized carbons (Fsp3) is 0.947. The summed E-state index contributed by atoms with van der Waals surface area (Å²) >= 11 is 0. The van der Waals surface area contributed by atoms with Crippen molar-refractivity contribution in [2.45, 2.75) is 97.0 Å². The quantitative estimate of drug-likeness (QED) is 0.311. The molecular formula is C19H40O5. The Labute approximate surface area is 148 Å². The van der Waals surface area contributed by atoms with Gasteiger partial charge >= 0.3 is 5.97 Å². The van der Waals surface area contributed by atoms with Crippen molar-refractivity contribution < 1.29 is 24.9 Å². The molecule has 5 nitrogen and oxygen atoms in total. The second kappa shape index (κ2) is 22.4. The molecule has 0 aromatic rings. The lowest BCUT2D eigenvalue weighted by Crippen LogP contribution is -2.10. The third kappa shape index (κ3) is 23.6. The van der Waals surface area contributed by atoms with Gasteiger partial charge in [-0.05, 0) is 12.8 Å². The molecular weight excluding hydrogens is 308 g/mol. The van der Waals surface area contributed by atoms with Crippen LogP contribution >= 0.6 is 0 Å². The van der Waals surface area contributed by atoms with Crippen molar-refractivity contribution in [3.05, 3.63) is 0 Å². The summed E-state index contributed by atoms with van der Waals surface area (Å²) in [5.74, 6) is -0.130. The average molecular weight is 349 g/mol. The van der Waals surface area contributed by atoms with E-state index in [9.17, 15) is 4.79 Å². The summed E-state index contributed by atoms with van der Waals surface area (Å²) in [5.41, 5.74) is 0. The molecule has 0 aliphatic carbocycles. The first-order valence-electron chi connectivity index (χ1n) is 9.67. The number of carbonyl (C=O) groups is 1. The number of aliphatic hydroxyl groups excluding tert-OH is 3. The molecule has 146 valence electrons. The van der Waals surface area contributed by atoms with E-state index >= 15 is 0 Å². The van der Waals surface area contributed by atoms with Crippen LogP contribution in [-0.4, -0.2) is 47.2 Å². The summed E-state index contributed by atoms with van der Waals surface area (Å²) in [6, 6.07) is 0. The number of carbonyl (C=O) groups excluding carboxylic acids is 1. The van der Waals surface area contributed by atoms with Crippen LogP contribution in [0.2, 0.25) is 0 Å². The average Bonchev–Trinajstić information content (AvgIpc) is 2.59. The zero-order valence-electron chi connectivity index (χ0n) is 15.8. The molecule has 1 unspecified atom stereocenters. The molecule has 0 saturated carbocycles. The van der Waals surface area contributed by atoms with Crippen LogP contribution < -0.4 is 0 Å². The van der Waals surface area contributed by atoms with E-state index in [-0.39, 0.29) is 19.2 Å². The molecule has 0 bridgehead atoms. The largest absolute Gasteiger partial charge is 0.466 e. The lowest BCUT2D eigenvalue weighted by molar-refractivity contribution is -0.144.